The van der Waals surface area contributed by atoms with Crippen molar-refractivity contribution in [2.24, 2.45) is 5.41 Å². The molecule has 0 saturated heterocycles. The van der Waals surface area contributed by atoms with Gasteiger partial charge in [0.25, 0.3) is 0 Å². The number of benzene rings is 1. The first-order valence-corrected chi connectivity index (χ1v) is 7.93. The van der Waals surface area contributed by atoms with E-state index < -0.39 is 33.3 Å². The highest BCUT2D eigenvalue weighted by Gasteiger charge is 2.35. The molecule has 0 spiro atoms. The van der Waals surface area contributed by atoms with E-state index in [0.717, 1.165) is 18.2 Å². The van der Waals surface area contributed by atoms with Crippen LogP contribution in [0.1, 0.15) is 20.8 Å². The second-order valence-electron chi connectivity index (χ2n) is 5.33. The highest BCUT2D eigenvalue weighted by Crippen LogP contribution is 2.26. The lowest BCUT2D eigenvalue weighted by atomic mass is 9.88. The molecule has 0 aromatic heterocycles. The van der Waals surface area contributed by atoms with Gasteiger partial charge in [-0.15, -0.1) is 0 Å². The molecule has 0 heterocycles. The molecule has 0 fully saturated rings. The maximum atomic E-state index is 13.0. The van der Waals surface area contributed by atoms with Gasteiger partial charge in [-0.1, -0.05) is 20.8 Å². The monoisotopic (exact) mass is 367 g/mol. The summed E-state index contributed by atoms with van der Waals surface area (Å²) in [7, 11) is -4.08. The Labute approximate surface area is 125 Å². The zero-order valence-electron chi connectivity index (χ0n) is 11.1. The van der Waals surface area contributed by atoms with Crippen LogP contribution in [0.2, 0.25) is 0 Å². The fourth-order valence-electron chi connectivity index (χ4n) is 1.51. The summed E-state index contributed by atoms with van der Waals surface area (Å²) >= 11 is 2.95. The number of hydrogen-bond donors (Lipinski definition) is 2. The van der Waals surface area contributed by atoms with Crippen molar-refractivity contribution in [3.63, 3.8) is 0 Å². The van der Waals surface area contributed by atoms with Crippen LogP contribution in [0.25, 0.3) is 0 Å². The van der Waals surface area contributed by atoms with Gasteiger partial charge >= 0.3 is 5.97 Å². The molecular formula is C12H15BrFNO4S. The highest BCUT2D eigenvalue weighted by atomic mass is 79.9. The van der Waals surface area contributed by atoms with Crippen molar-refractivity contribution < 1.29 is 22.7 Å². The van der Waals surface area contributed by atoms with E-state index in [9.17, 15) is 17.6 Å². The maximum Gasteiger partial charge on any atom is 0.322 e. The molecular weight excluding hydrogens is 353 g/mol. The van der Waals surface area contributed by atoms with Crippen LogP contribution in [0.4, 0.5) is 4.39 Å². The molecule has 1 aromatic carbocycles. The smallest absolute Gasteiger partial charge is 0.322 e. The number of carboxylic acid groups (broad SMARTS) is 1. The molecule has 1 atom stereocenters. The van der Waals surface area contributed by atoms with Gasteiger partial charge in [0.2, 0.25) is 10.0 Å². The van der Waals surface area contributed by atoms with Gasteiger partial charge in [-0.3, -0.25) is 4.79 Å². The Bertz CT molecular complexity index is 625. The summed E-state index contributed by atoms with van der Waals surface area (Å²) in [5, 5.41) is 9.13. The fourth-order valence-corrected chi connectivity index (χ4v) is 3.95. The molecule has 1 rings (SSSR count). The molecule has 1 aromatic rings. The molecule has 0 amide bonds. The van der Waals surface area contributed by atoms with E-state index in [1.165, 1.54) is 0 Å². The van der Waals surface area contributed by atoms with Crippen LogP contribution in [0, 0.1) is 11.2 Å². The summed E-state index contributed by atoms with van der Waals surface area (Å²) in [4.78, 5) is 11.0. The number of halogens is 2. The Balaban J connectivity index is 3.20. The average molecular weight is 368 g/mol. The Hall–Kier alpha value is -0.990. The third-order valence-corrected chi connectivity index (χ3v) is 4.97. The Morgan fingerprint density at radius 2 is 1.95 bits per heavy atom. The molecule has 1 unspecified atom stereocenters. The normalized spacial score (nSPS) is 14.1. The Morgan fingerprint density at radius 3 is 2.35 bits per heavy atom. The van der Waals surface area contributed by atoms with E-state index in [2.05, 4.69) is 20.7 Å². The summed E-state index contributed by atoms with van der Waals surface area (Å²) in [5.74, 6) is -1.87. The second kappa shape index (κ2) is 5.79. The third-order valence-electron chi connectivity index (χ3n) is 2.57. The van der Waals surface area contributed by atoms with E-state index in [1.807, 2.05) is 0 Å². The van der Waals surface area contributed by atoms with Gasteiger partial charge in [-0.05, 0) is 39.5 Å². The number of aliphatic carboxylic acids is 1. The summed E-state index contributed by atoms with van der Waals surface area (Å²) in [6.07, 6.45) is 0. The Kier molecular flexibility index (Phi) is 4.94. The molecule has 0 bridgehead atoms. The molecule has 112 valence electrons. The molecule has 0 aliphatic rings. The first-order chi connectivity index (χ1) is 8.95. The van der Waals surface area contributed by atoms with Crippen molar-refractivity contribution in [2.45, 2.75) is 31.7 Å². The van der Waals surface area contributed by atoms with E-state index in [1.54, 1.807) is 20.8 Å². The van der Waals surface area contributed by atoms with Crippen molar-refractivity contribution in [3.05, 3.63) is 28.5 Å². The second-order valence-corrected chi connectivity index (χ2v) is 7.87. The van der Waals surface area contributed by atoms with E-state index >= 15 is 0 Å². The standard InChI is InChI=1S/C12H15BrFNO4S/c1-12(2,3)10(11(16)17)15-20(18,19)9-5-4-7(14)6-8(9)13/h4-6,10,15H,1-3H3,(H,16,17). The van der Waals surface area contributed by atoms with Crippen molar-refractivity contribution in [1.82, 2.24) is 4.72 Å². The zero-order chi connectivity index (χ0) is 15.7. The topological polar surface area (TPSA) is 83.5 Å². The average Bonchev–Trinajstić information content (AvgIpc) is 2.23. The number of carboxylic acids is 1. The van der Waals surface area contributed by atoms with Gasteiger partial charge in [0, 0.05) is 4.47 Å². The van der Waals surface area contributed by atoms with Crippen LogP contribution in [0.3, 0.4) is 0 Å². The van der Waals surface area contributed by atoms with Gasteiger partial charge in [0.1, 0.15) is 11.9 Å². The number of nitrogens with one attached hydrogen (secondary N) is 1. The fraction of sp³-hybridized carbons (Fsp3) is 0.417. The zero-order valence-corrected chi connectivity index (χ0v) is 13.5. The van der Waals surface area contributed by atoms with Gasteiger partial charge in [0.05, 0.1) is 4.90 Å². The molecule has 0 aliphatic heterocycles. The minimum Gasteiger partial charge on any atom is -0.480 e. The minimum absolute atomic E-state index is 0.0306. The summed E-state index contributed by atoms with van der Waals surface area (Å²) in [5.41, 5.74) is -0.814. The summed E-state index contributed by atoms with van der Waals surface area (Å²) in [6.45, 7) is 4.82. The molecule has 2 N–H and O–H groups in total. The lowest BCUT2D eigenvalue weighted by molar-refractivity contribution is -0.141. The number of hydrogen-bond acceptors (Lipinski definition) is 3. The van der Waals surface area contributed by atoms with E-state index in [-0.39, 0.29) is 9.37 Å². The Morgan fingerprint density at radius 1 is 1.40 bits per heavy atom. The van der Waals surface area contributed by atoms with Gasteiger partial charge in [0.15, 0.2) is 0 Å². The minimum atomic E-state index is -4.08. The maximum absolute atomic E-state index is 13.0. The van der Waals surface area contributed by atoms with Crippen molar-refractivity contribution >= 4 is 31.9 Å². The predicted octanol–water partition coefficient (Wildman–Crippen LogP) is 2.37. The van der Waals surface area contributed by atoms with Crippen LogP contribution in [0.5, 0.6) is 0 Å². The first-order valence-electron chi connectivity index (χ1n) is 5.65. The lowest BCUT2D eigenvalue weighted by Crippen LogP contribution is -2.49. The van der Waals surface area contributed by atoms with Crippen molar-refractivity contribution in [3.8, 4) is 0 Å². The molecule has 8 heteroatoms. The predicted molar refractivity (Wildman–Crippen MR) is 75.3 cm³/mol. The molecule has 0 saturated carbocycles. The van der Waals surface area contributed by atoms with Crippen LogP contribution >= 0.6 is 15.9 Å². The molecule has 5 nitrogen and oxygen atoms in total. The van der Waals surface area contributed by atoms with Crippen molar-refractivity contribution in [2.75, 3.05) is 0 Å². The number of rotatable bonds is 4. The first kappa shape index (κ1) is 17.1. The molecule has 0 aliphatic carbocycles. The largest absolute Gasteiger partial charge is 0.480 e. The summed E-state index contributed by atoms with van der Waals surface area (Å²) in [6, 6.07) is 1.76. The van der Waals surface area contributed by atoms with Gasteiger partial charge < -0.3 is 5.11 Å². The quantitative estimate of drug-likeness (QED) is 0.855. The number of sulfonamides is 1. The van der Waals surface area contributed by atoms with Crippen LogP contribution in [0.15, 0.2) is 27.6 Å². The lowest BCUT2D eigenvalue weighted by Gasteiger charge is -2.27. The molecule has 20 heavy (non-hydrogen) atoms. The van der Waals surface area contributed by atoms with Gasteiger partial charge in [-0.25, -0.2) is 12.8 Å². The van der Waals surface area contributed by atoms with E-state index in [0.29, 0.717) is 0 Å². The van der Waals surface area contributed by atoms with Crippen LogP contribution < -0.4 is 4.72 Å². The third kappa shape index (κ3) is 4.00. The highest BCUT2D eigenvalue weighted by molar-refractivity contribution is 9.10. The van der Waals surface area contributed by atoms with Gasteiger partial charge in [-0.2, -0.15) is 4.72 Å². The van der Waals surface area contributed by atoms with Crippen LogP contribution in [-0.4, -0.2) is 25.5 Å². The van der Waals surface area contributed by atoms with Crippen LogP contribution in [-0.2, 0) is 14.8 Å². The van der Waals surface area contributed by atoms with E-state index in [4.69, 9.17) is 5.11 Å². The number of carbonyl (C=O) groups is 1. The van der Waals surface area contributed by atoms with Crippen molar-refractivity contribution in [1.29, 1.82) is 0 Å². The summed E-state index contributed by atoms with van der Waals surface area (Å²) < 4.78 is 39.5. The SMILES string of the molecule is CC(C)(C)C(NS(=O)(=O)c1ccc(F)cc1Br)C(=O)O. The molecule has 0 radical (unpaired) electrons.